The molecule has 0 atom stereocenters. The van der Waals surface area contributed by atoms with Crippen molar-refractivity contribution >= 4 is 23.1 Å². The summed E-state index contributed by atoms with van der Waals surface area (Å²) in [6.45, 7) is 0. The van der Waals surface area contributed by atoms with Crippen LogP contribution < -0.4 is 10.6 Å². The number of pyridine rings is 1. The first-order valence-corrected chi connectivity index (χ1v) is 8.18. The first-order valence-electron chi connectivity index (χ1n) is 8.18. The first-order chi connectivity index (χ1) is 12.8. The molecule has 4 nitrogen and oxygen atoms in total. The molecule has 7 heteroatoms. The van der Waals surface area contributed by atoms with Gasteiger partial charge in [-0.1, -0.05) is 18.2 Å². The van der Waals surface area contributed by atoms with E-state index in [1.165, 1.54) is 17.2 Å². The van der Waals surface area contributed by atoms with Crippen LogP contribution in [-0.4, -0.2) is 10.9 Å². The second-order valence-electron chi connectivity index (χ2n) is 6.28. The largest absolute Gasteiger partial charge is 0.416 e. The lowest BCUT2D eigenvalue weighted by molar-refractivity contribution is -0.137. The zero-order valence-corrected chi connectivity index (χ0v) is 14.0. The molecule has 4 rings (SSSR count). The summed E-state index contributed by atoms with van der Waals surface area (Å²) in [7, 11) is 0. The number of amides is 1. The molecule has 0 fully saturated rings. The number of fused-ring (bicyclic) bond motifs is 1. The molecular weight excluding hydrogens is 355 g/mol. The van der Waals surface area contributed by atoms with Gasteiger partial charge in [0, 0.05) is 0 Å². The Bertz CT molecular complexity index is 1030. The Hall–Kier alpha value is -3.35. The van der Waals surface area contributed by atoms with Gasteiger partial charge in [-0.2, -0.15) is 13.2 Å². The van der Waals surface area contributed by atoms with Crippen LogP contribution in [-0.2, 0) is 17.4 Å². The van der Waals surface area contributed by atoms with Crippen LogP contribution in [0.15, 0.2) is 60.8 Å². The highest BCUT2D eigenvalue weighted by atomic mass is 19.4. The molecule has 0 bridgehead atoms. The molecular formula is C20H14F3N3O. The Labute approximate surface area is 153 Å². The van der Waals surface area contributed by atoms with E-state index in [0.717, 1.165) is 17.7 Å². The predicted octanol–water partition coefficient (Wildman–Crippen LogP) is 4.57. The van der Waals surface area contributed by atoms with Crippen molar-refractivity contribution in [1.29, 1.82) is 0 Å². The molecule has 27 heavy (non-hydrogen) atoms. The summed E-state index contributed by atoms with van der Waals surface area (Å²) in [6, 6.07) is 13.6. The summed E-state index contributed by atoms with van der Waals surface area (Å²) < 4.78 is 38.9. The van der Waals surface area contributed by atoms with Gasteiger partial charge in [0.05, 0.1) is 29.6 Å². The number of alkyl halides is 3. The van der Waals surface area contributed by atoms with Gasteiger partial charge in [0.25, 0.3) is 0 Å². The van der Waals surface area contributed by atoms with Crippen LogP contribution in [0.25, 0.3) is 11.1 Å². The number of rotatable bonds is 2. The monoisotopic (exact) mass is 369 g/mol. The number of nitrogens with zero attached hydrogens (tertiary/aromatic N) is 2. The smallest absolute Gasteiger partial charge is 0.397 e. The number of nitrogen functional groups attached to an aromatic ring is 1. The summed E-state index contributed by atoms with van der Waals surface area (Å²) in [6.07, 6.45) is -2.77. The predicted molar refractivity (Wildman–Crippen MR) is 96.4 cm³/mol. The van der Waals surface area contributed by atoms with Crippen LogP contribution in [0.1, 0.15) is 11.1 Å². The molecule has 0 saturated heterocycles. The molecule has 136 valence electrons. The van der Waals surface area contributed by atoms with Crippen LogP contribution in [0.4, 0.5) is 30.4 Å². The molecule has 2 aromatic carbocycles. The van der Waals surface area contributed by atoms with Crippen LogP contribution in [0, 0.1) is 0 Å². The van der Waals surface area contributed by atoms with Crippen molar-refractivity contribution in [3.63, 3.8) is 0 Å². The van der Waals surface area contributed by atoms with E-state index >= 15 is 0 Å². The van der Waals surface area contributed by atoms with Gasteiger partial charge in [-0.15, -0.1) is 0 Å². The van der Waals surface area contributed by atoms with Crippen molar-refractivity contribution < 1.29 is 18.0 Å². The molecule has 1 aliphatic heterocycles. The number of carbonyl (C=O) groups excluding carboxylic acids is 1. The Kier molecular flexibility index (Phi) is 3.87. The zero-order chi connectivity index (χ0) is 19.2. The van der Waals surface area contributed by atoms with Crippen molar-refractivity contribution in [3.8, 4) is 11.1 Å². The molecule has 2 N–H and O–H groups in total. The van der Waals surface area contributed by atoms with Crippen LogP contribution in [0.2, 0.25) is 0 Å². The van der Waals surface area contributed by atoms with Gasteiger partial charge < -0.3 is 5.73 Å². The average Bonchev–Trinajstić information content (AvgIpc) is 2.97. The van der Waals surface area contributed by atoms with Crippen LogP contribution in [0.3, 0.4) is 0 Å². The number of hydrogen-bond acceptors (Lipinski definition) is 3. The van der Waals surface area contributed by atoms with E-state index in [-0.39, 0.29) is 12.3 Å². The summed E-state index contributed by atoms with van der Waals surface area (Å²) >= 11 is 0. The van der Waals surface area contributed by atoms with Crippen molar-refractivity contribution in [1.82, 2.24) is 4.98 Å². The lowest BCUT2D eigenvalue weighted by atomic mass is 10.00. The molecule has 1 aromatic heterocycles. The average molecular weight is 369 g/mol. The molecule has 0 saturated carbocycles. The molecule has 3 aromatic rings. The lowest BCUT2D eigenvalue weighted by Crippen LogP contribution is -2.21. The number of anilines is 3. The summed E-state index contributed by atoms with van der Waals surface area (Å²) in [5, 5.41) is 0. The number of aromatic nitrogens is 1. The molecule has 0 spiro atoms. The Balaban J connectivity index is 1.73. The third-order valence-electron chi connectivity index (χ3n) is 4.43. The maximum atomic E-state index is 13.0. The van der Waals surface area contributed by atoms with Gasteiger partial charge in [-0.3, -0.25) is 9.69 Å². The van der Waals surface area contributed by atoms with Gasteiger partial charge in [0.1, 0.15) is 5.82 Å². The SMILES string of the molecule is Nc1ccc(N2C(=O)Cc3cc(-c4cccc(C(F)(F)F)c4)ccc32)nc1. The van der Waals surface area contributed by atoms with Gasteiger partial charge in [-0.25, -0.2) is 4.98 Å². The summed E-state index contributed by atoms with van der Waals surface area (Å²) in [4.78, 5) is 18.1. The zero-order valence-electron chi connectivity index (χ0n) is 14.0. The molecule has 0 unspecified atom stereocenters. The van der Waals surface area contributed by atoms with E-state index in [9.17, 15) is 18.0 Å². The second-order valence-corrected chi connectivity index (χ2v) is 6.28. The van der Waals surface area contributed by atoms with E-state index in [0.29, 0.717) is 28.3 Å². The van der Waals surface area contributed by atoms with Crippen molar-refractivity contribution in [2.45, 2.75) is 12.6 Å². The first kappa shape index (κ1) is 17.1. The molecule has 0 radical (unpaired) electrons. The Morgan fingerprint density at radius 3 is 2.48 bits per heavy atom. The topological polar surface area (TPSA) is 59.2 Å². The maximum absolute atomic E-state index is 13.0. The van der Waals surface area contributed by atoms with Crippen LogP contribution in [0.5, 0.6) is 0 Å². The minimum Gasteiger partial charge on any atom is -0.397 e. The van der Waals surface area contributed by atoms with Crippen molar-refractivity contribution in [2.75, 3.05) is 10.6 Å². The molecule has 2 heterocycles. The van der Waals surface area contributed by atoms with Crippen LogP contribution >= 0.6 is 0 Å². The van der Waals surface area contributed by atoms with Gasteiger partial charge in [-0.05, 0) is 53.1 Å². The van der Waals surface area contributed by atoms with E-state index in [1.54, 1.807) is 36.4 Å². The number of hydrogen-bond donors (Lipinski definition) is 1. The third-order valence-corrected chi connectivity index (χ3v) is 4.43. The third kappa shape index (κ3) is 3.12. The minimum absolute atomic E-state index is 0.150. The summed E-state index contributed by atoms with van der Waals surface area (Å²) in [5.74, 6) is 0.309. The summed E-state index contributed by atoms with van der Waals surface area (Å²) in [5.41, 5.74) is 7.91. The number of carbonyl (C=O) groups is 1. The van der Waals surface area contributed by atoms with Gasteiger partial charge in [0.15, 0.2) is 0 Å². The van der Waals surface area contributed by atoms with E-state index in [1.807, 2.05) is 0 Å². The lowest BCUT2D eigenvalue weighted by Gasteiger charge is -2.17. The number of nitrogens with two attached hydrogens (primary N) is 1. The number of benzene rings is 2. The van der Waals surface area contributed by atoms with E-state index < -0.39 is 11.7 Å². The van der Waals surface area contributed by atoms with Crippen molar-refractivity contribution in [2.24, 2.45) is 0 Å². The maximum Gasteiger partial charge on any atom is 0.416 e. The fourth-order valence-electron chi connectivity index (χ4n) is 3.16. The van der Waals surface area contributed by atoms with Gasteiger partial charge >= 0.3 is 6.18 Å². The second kappa shape index (κ2) is 6.12. The van der Waals surface area contributed by atoms with E-state index in [2.05, 4.69) is 4.98 Å². The fourth-order valence-corrected chi connectivity index (χ4v) is 3.16. The normalized spacial score (nSPS) is 13.7. The highest BCUT2D eigenvalue weighted by Crippen LogP contribution is 2.38. The molecule has 1 amide bonds. The highest BCUT2D eigenvalue weighted by Gasteiger charge is 2.31. The highest BCUT2D eigenvalue weighted by molar-refractivity contribution is 6.07. The van der Waals surface area contributed by atoms with E-state index in [4.69, 9.17) is 5.73 Å². The Morgan fingerprint density at radius 2 is 1.78 bits per heavy atom. The van der Waals surface area contributed by atoms with Crippen molar-refractivity contribution in [3.05, 3.63) is 71.9 Å². The minimum atomic E-state index is -4.40. The number of halogens is 3. The quantitative estimate of drug-likeness (QED) is 0.720. The molecule has 1 aliphatic rings. The van der Waals surface area contributed by atoms with Gasteiger partial charge in [0.2, 0.25) is 5.91 Å². The fraction of sp³-hybridized carbons (Fsp3) is 0.100. The Morgan fingerprint density at radius 1 is 1.00 bits per heavy atom. The molecule has 0 aliphatic carbocycles. The standard InChI is InChI=1S/C20H14F3N3O/c21-20(22,23)15-3-1-2-12(9-15)13-4-6-17-14(8-13)10-19(27)26(17)18-7-5-16(24)11-25-18/h1-9,11H,10,24H2.